The molecular weight excluding hydrogens is 300 g/mol. The van der Waals surface area contributed by atoms with E-state index in [1.807, 2.05) is 42.5 Å². The van der Waals surface area contributed by atoms with Gasteiger partial charge in [-0.2, -0.15) is 0 Å². The predicted octanol–water partition coefficient (Wildman–Crippen LogP) is 3.31. The Kier molecular flexibility index (Phi) is 4.58. The molecule has 0 spiro atoms. The molecule has 4 heteroatoms. The summed E-state index contributed by atoms with van der Waals surface area (Å²) in [5.41, 5.74) is 2.84. The van der Waals surface area contributed by atoms with E-state index in [0.717, 1.165) is 30.6 Å². The first kappa shape index (κ1) is 16.5. The lowest BCUT2D eigenvalue weighted by molar-refractivity contribution is -0.120. The minimum absolute atomic E-state index is 0.0218. The van der Waals surface area contributed by atoms with Gasteiger partial charge >= 0.3 is 0 Å². The summed E-state index contributed by atoms with van der Waals surface area (Å²) in [6, 6.07) is 15.3. The van der Waals surface area contributed by atoms with E-state index in [2.05, 4.69) is 23.3 Å². The van der Waals surface area contributed by atoms with Gasteiger partial charge in [0.2, 0.25) is 5.91 Å². The van der Waals surface area contributed by atoms with Gasteiger partial charge in [-0.05, 0) is 49.1 Å². The third-order valence-corrected chi connectivity index (χ3v) is 4.61. The molecule has 126 valence electrons. The lowest BCUT2D eigenvalue weighted by Crippen LogP contribution is -2.28. The molecule has 0 aromatic heterocycles. The van der Waals surface area contributed by atoms with E-state index < -0.39 is 5.60 Å². The third-order valence-electron chi connectivity index (χ3n) is 4.61. The number of carbonyl (C=O) groups is 1. The summed E-state index contributed by atoms with van der Waals surface area (Å²) in [6.45, 7) is 2.74. The minimum atomic E-state index is -1.18. The molecule has 2 aromatic carbocycles. The molecule has 2 aromatic rings. The highest BCUT2D eigenvalue weighted by atomic mass is 16.3. The van der Waals surface area contributed by atoms with Gasteiger partial charge in [-0.15, -0.1) is 0 Å². The van der Waals surface area contributed by atoms with Crippen molar-refractivity contribution in [2.24, 2.45) is 0 Å². The van der Waals surface area contributed by atoms with Gasteiger partial charge < -0.3 is 15.3 Å². The van der Waals surface area contributed by atoms with Crippen LogP contribution < -0.4 is 10.2 Å². The van der Waals surface area contributed by atoms with Crippen LogP contribution in [-0.2, 0) is 16.8 Å². The van der Waals surface area contributed by atoms with Gasteiger partial charge in [0, 0.05) is 25.0 Å². The molecule has 0 radical (unpaired) electrons. The maximum Gasteiger partial charge on any atom is 0.227 e. The molecule has 0 fully saturated rings. The molecule has 1 aliphatic heterocycles. The molecule has 0 bridgehead atoms. The lowest BCUT2D eigenvalue weighted by atomic mass is 9.92. The molecule has 1 atom stereocenters. The van der Waals surface area contributed by atoms with Gasteiger partial charge in [0.25, 0.3) is 0 Å². The average Bonchev–Trinajstić information content (AvgIpc) is 2.55. The maximum absolute atomic E-state index is 12.4. The second-order valence-corrected chi connectivity index (χ2v) is 6.73. The summed E-state index contributed by atoms with van der Waals surface area (Å²) >= 11 is 0. The first-order valence-corrected chi connectivity index (χ1v) is 8.37. The molecule has 1 aliphatic rings. The Labute approximate surface area is 143 Å². The van der Waals surface area contributed by atoms with Gasteiger partial charge in [0.15, 0.2) is 0 Å². The maximum atomic E-state index is 12.4. The van der Waals surface area contributed by atoms with Gasteiger partial charge in [-0.3, -0.25) is 4.79 Å². The number of anilines is 2. The van der Waals surface area contributed by atoms with E-state index in [1.54, 1.807) is 6.92 Å². The normalized spacial score (nSPS) is 16.2. The minimum Gasteiger partial charge on any atom is -0.385 e. The van der Waals surface area contributed by atoms with Crippen molar-refractivity contribution in [2.75, 3.05) is 23.8 Å². The number of amides is 1. The Morgan fingerprint density at radius 2 is 2.00 bits per heavy atom. The van der Waals surface area contributed by atoms with Crippen LogP contribution in [-0.4, -0.2) is 24.6 Å². The highest BCUT2D eigenvalue weighted by Gasteiger charge is 2.26. The number of aryl methyl sites for hydroxylation is 1. The Balaban J connectivity index is 1.69. The van der Waals surface area contributed by atoms with Crippen LogP contribution in [0.3, 0.4) is 0 Å². The Morgan fingerprint density at radius 3 is 2.75 bits per heavy atom. The number of nitrogens with one attached hydrogen (secondary N) is 1. The van der Waals surface area contributed by atoms with Crippen molar-refractivity contribution in [2.45, 2.75) is 31.8 Å². The summed E-state index contributed by atoms with van der Waals surface area (Å²) in [5, 5.41) is 13.5. The van der Waals surface area contributed by atoms with Crippen LogP contribution in [0.15, 0.2) is 48.5 Å². The number of hydrogen-bond acceptors (Lipinski definition) is 3. The summed E-state index contributed by atoms with van der Waals surface area (Å²) in [4.78, 5) is 14.6. The summed E-state index contributed by atoms with van der Waals surface area (Å²) in [6.07, 6.45) is 2.18. The molecule has 1 amide bonds. The van der Waals surface area contributed by atoms with Crippen molar-refractivity contribution < 1.29 is 9.90 Å². The standard InChI is InChI=1S/C20H24N2O2/c1-20(24,16-8-4-3-5-9-16)14-19(23)21-17-10-11-18-15(13-17)7-6-12-22(18)2/h3-5,8-11,13,24H,6-7,12,14H2,1-2H3,(H,21,23). The van der Waals surface area contributed by atoms with Crippen molar-refractivity contribution in [1.29, 1.82) is 0 Å². The molecule has 24 heavy (non-hydrogen) atoms. The van der Waals surface area contributed by atoms with Crippen molar-refractivity contribution in [1.82, 2.24) is 0 Å². The SMILES string of the molecule is CN1CCCc2cc(NC(=O)CC(C)(O)c3ccccc3)ccc21. The van der Waals surface area contributed by atoms with Gasteiger partial charge in [0.1, 0.15) is 0 Å². The second kappa shape index (κ2) is 6.65. The number of hydrogen-bond donors (Lipinski definition) is 2. The number of carbonyl (C=O) groups excluding carboxylic acids is 1. The van der Waals surface area contributed by atoms with Crippen LogP contribution in [0.4, 0.5) is 11.4 Å². The van der Waals surface area contributed by atoms with Crippen molar-refractivity contribution in [3.8, 4) is 0 Å². The second-order valence-electron chi connectivity index (χ2n) is 6.73. The van der Waals surface area contributed by atoms with Crippen molar-refractivity contribution in [3.63, 3.8) is 0 Å². The molecule has 1 heterocycles. The molecule has 0 saturated heterocycles. The Bertz CT molecular complexity index is 726. The topological polar surface area (TPSA) is 52.6 Å². The summed E-state index contributed by atoms with van der Waals surface area (Å²) in [7, 11) is 2.09. The van der Waals surface area contributed by atoms with Gasteiger partial charge in [0.05, 0.1) is 12.0 Å². The highest BCUT2D eigenvalue weighted by Crippen LogP contribution is 2.29. The summed E-state index contributed by atoms with van der Waals surface area (Å²) in [5.74, 6) is -0.187. The van der Waals surface area contributed by atoms with Crippen LogP contribution in [0.5, 0.6) is 0 Å². The fraction of sp³-hybridized carbons (Fsp3) is 0.350. The Morgan fingerprint density at radius 1 is 1.25 bits per heavy atom. The number of nitrogens with zero attached hydrogens (tertiary/aromatic N) is 1. The number of benzene rings is 2. The molecule has 3 rings (SSSR count). The number of aliphatic hydroxyl groups is 1. The fourth-order valence-corrected chi connectivity index (χ4v) is 3.28. The van der Waals surface area contributed by atoms with Crippen LogP contribution >= 0.6 is 0 Å². The van der Waals surface area contributed by atoms with E-state index in [-0.39, 0.29) is 12.3 Å². The first-order chi connectivity index (χ1) is 11.5. The zero-order chi connectivity index (χ0) is 17.2. The van der Waals surface area contributed by atoms with E-state index in [1.165, 1.54) is 11.3 Å². The zero-order valence-corrected chi connectivity index (χ0v) is 14.2. The van der Waals surface area contributed by atoms with E-state index >= 15 is 0 Å². The summed E-state index contributed by atoms with van der Waals surface area (Å²) < 4.78 is 0. The third kappa shape index (κ3) is 3.60. The lowest BCUT2D eigenvalue weighted by Gasteiger charge is -2.28. The molecular formula is C20H24N2O2. The number of fused-ring (bicyclic) bond motifs is 1. The highest BCUT2D eigenvalue weighted by molar-refractivity contribution is 5.92. The molecule has 4 nitrogen and oxygen atoms in total. The average molecular weight is 324 g/mol. The van der Waals surface area contributed by atoms with Crippen LogP contribution in [0.25, 0.3) is 0 Å². The molecule has 2 N–H and O–H groups in total. The van der Waals surface area contributed by atoms with Crippen molar-refractivity contribution in [3.05, 3.63) is 59.7 Å². The molecule has 0 saturated carbocycles. The van der Waals surface area contributed by atoms with E-state index in [4.69, 9.17) is 0 Å². The molecule has 0 aliphatic carbocycles. The van der Waals surface area contributed by atoms with Gasteiger partial charge in [-0.25, -0.2) is 0 Å². The van der Waals surface area contributed by atoms with Gasteiger partial charge in [-0.1, -0.05) is 30.3 Å². The van der Waals surface area contributed by atoms with Crippen LogP contribution in [0.1, 0.15) is 30.9 Å². The number of rotatable bonds is 4. The smallest absolute Gasteiger partial charge is 0.227 e. The first-order valence-electron chi connectivity index (χ1n) is 8.37. The van der Waals surface area contributed by atoms with Crippen LogP contribution in [0, 0.1) is 0 Å². The Hall–Kier alpha value is -2.33. The fourth-order valence-electron chi connectivity index (χ4n) is 3.28. The molecule has 1 unspecified atom stereocenters. The zero-order valence-electron chi connectivity index (χ0n) is 14.2. The van der Waals surface area contributed by atoms with Crippen LogP contribution in [0.2, 0.25) is 0 Å². The predicted molar refractivity (Wildman–Crippen MR) is 97.3 cm³/mol. The van der Waals surface area contributed by atoms with E-state index in [0.29, 0.717) is 0 Å². The monoisotopic (exact) mass is 324 g/mol. The largest absolute Gasteiger partial charge is 0.385 e. The van der Waals surface area contributed by atoms with E-state index in [9.17, 15) is 9.90 Å². The van der Waals surface area contributed by atoms with Crippen molar-refractivity contribution >= 4 is 17.3 Å². The quantitative estimate of drug-likeness (QED) is 0.907.